The number of hydrogen-bond acceptors (Lipinski definition) is 2. The molecule has 3 nitrogen and oxygen atoms in total. The predicted molar refractivity (Wildman–Crippen MR) is 109 cm³/mol. The van der Waals surface area contributed by atoms with Crippen LogP contribution in [0.2, 0.25) is 0 Å². The SMILES string of the molecule is Cc1ccc2c(c1)OC(C)(C)C[C@@H]2NC(=S)Nc1ccc(C)c(C)c1. The molecule has 1 atom stereocenters. The van der Waals surface area contributed by atoms with Crippen LogP contribution < -0.4 is 15.4 Å². The second kappa shape index (κ2) is 6.68. The Bertz CT molecular complexity index is 814. The quantitative estimate of drug-likeness (QED) is 0.726. The molecule has 0 saturated carbocycles. The van der Waals surface area contributed by atoms with Gasteiger partial charge in [0.2, 0.25) is 0 Å². The molecule has 0 spiro atoms. The lowest BCUT2D eigenvalue weighted by atomic mass is 9.89. The van der Waals surface area contributed by atoms with E-state index in [9.17, 15) is 0 Å². The third kappa shape index (κ3) is 4.13. The Balaban J connectivity index is 1.77. The summed E-state index contributed by atoms with van der Waals surface area (Å²) in [6.45, 7) is 10.5. The number of rotatable bonds is 2. The summed E-state index contributed by atoms with van der Waals surface area (Å²) >= 11 is 5.56. The fourth-order valence-electron chi connectivity index (χ4n) is 3.23. The number of benzene rings is 2. The van der Waals surface area contributed by atoms with Crippen molar-refractivity contribution in [2.75, 3.05) is 5.32 Å². The van der Waals surface area contributed by atoms with Gasteiger partial charge < -0.3 is 15.4 Å². The smallest absolute Gasteiger partial charge is 0.171 e. The molecule has 0 saturated heterocycles. The van der Waals surface area contributed by atoms with E-state index in [1.165, 1.54) is 16.7 Å². The molecule has 1 aliphatic rings. The Hall–Kier alpha value is -2.07. The lowest BCUT2D eigenvalue weighted by Gasteiger charge is -2.38. The number of anilines is 1. The minimum atomic E-state index is -0.228. The van der Waals surface area contributed by atoms with Gasteiger partial charge in [-0.25, -0.2) is 0 Å². The summed E-state index contributed by atoms with van der Waals surface area (Å²) in [4.78, 5) is 0. The Morgan fingerprint density at radius 3 is 2.56 bits per heavy atom. The summed E-state index contributed by atoms with van der Waals surface area (Å²) in [6.07, 6.45) is 0.859. The van der Waals surface area contributed by atoms with Crippen LogP contribution >= 0.6 is 12.2 Å². The van der Waals surface area contributed by atoms with Gasteiger partial charge in [0.1, 0.15) is 11.4 Å². The zero-order valence-electron chi connectivity index (χ0n) is 15.6. The zero-order valence-corrected chi connectivity index (χ0v) is 16.4. The van der Waals surface area contributed by atoms with Crippen molar-refractivity contribution < 1.29 is 4.74 Å². The van der Waals surface area contributed by atoms with Crippen molar-refractivity contribution >= 4 is 23.0 Å². The molecule has 0 amide bonds. The summed E-state index contributed by atoms with van der Waals surface area (Å²) in [7, 11) is 0. The minimum absolute atomic E-state index is 0.130. The molecule has 1 aliphatic heterocycles. The van der Waals surface area contributed by atoms with Crippen molar-refractivity contribution in [2.24, 2.45) is 0 Å². The van der Waals surface area contributed by atoms with Gasteiger partial charge in [0.05, 0.1) is 6.04 Å². The largest absolute Gasteiger partial charge is 0.487 e. The fourth-order valence-corrected chi connectivity index (χ4v) is 3.49. The molecule has 2 aromatic carbocycles. The van der Waals surface area contributed by atoms with Gasteiger partial charge in [0, 0.05) is 17.7 Å². The maximum absolute atomic E-state index is 6.16. The Kier molecular flexibility index (Phi) is 4.74. The number of nitrogens with one attached hydrogen (secondary N) is 2. The van der Waals surface area contributed by atoms with E-state index in [1.807, 2.05) is 0 Å². The molecule has 0 radical (unpaired) electrons. The molecule has 0 bridgehead atoms. The highest BCUT2D eigenvalue weighted by Gasteiger charge is 2.34. The van der Waals surface area contributed by atoms with Crippen LogP contribution in [-0.4, -0.2) is 10.7 Å². The number of fused-ring (bicyclic) bond motifs is 1. The maximum atomic E-state index is 6.16. The molecule has 1 heterocycles. The molecule has 2 aromatic rings. The van der Waals surface area contributed by atoms with E-state index in [2.05, 4.69) is 81.7 Å². The second-order valence-electron chi connectivity index (χ2n) is 7.56. The van der Waals surface area contributed by atoms with Gasteiger partial charge in [-0.3, -0.25) is 0 Å². The first-order valence-corrected chi connectivity index (χ1v) is 9.09. The Labute approximate surface area is 155 Å². The normalized spacial score (nSPS) is 18.0. The molecule has 0 aliphatic carbocycles. The molecule has 4 heteroatoms. The van der Waals surface area contributed by atoms with Crippen molar-refractivity contribution in [2.45, 2.75) is 52.7 Å². The third-order valence-corrected chi connectivity index (χ3v) is 4.92. The average Bonchev–Trinajstić information content (AvgIpc) is 2.49. The molecule has 3 rings (SSSR count). The van der Waals surface area contributed by atoms with Crippen LogP contribution in [0.5, 0.6) is 5.75 Å². The third-order valence-electron chi connectivity index (χ3n) is 4.70. The van der Waals surface area contributed by atoms with E-state index in [0.29, 0.717) is 5.11 Å². The summed E-state index contributed by atoms with van der Waals surface area (Å²) in [5.74, 6) is 0.947. The van der Waals surface area contributed by atoms with Gasteiger partial charge in [-0.05, 0) is 81.7 Å². The average molecular weight is 355 g/mol. The predicted octanol–water partition coefficient (Wildman–Crippen LogP) is 5.20. The molecule has 0 aromatic heterocycles. The number of thiocarbonyl (C=S) groups is 1. The van der Waals surface area contributed by atoms with E-state index >= 15 is 0 Å². The van der Waals surface area contributed by atoms with Gasteiger partial charge in [-0.2, -0.15) is 0 Å². The molecular weight excluding hydrogens is 328 g/mol. The van der Waals surface area contributed by atoms with Crippen molar-refractivity contribution in [3.63, 3.8) is 0 Å². The van der Waals surface area contributed by atoms with E-state index in [-0.39, 0.29) is 11.6 Å². The summed E-state index contributed by atoms with van der Waals surface area (Å²) < 4.78 is 6.16. The van der Waals surface area contributed by atoms with Crippen molar-refractivity contribution in [1.82, 2.24) is 5.32 Å². The first-order valence-electron chi connectivity index (χ1n) is 8.68. The summed E-state index contributed by atoms with van der Waals surface area (Å²) in [5, 5.41) is 7.42. The molecular formula is C21H26N2OS. The van der Waals surface area contributed by atoms with Gasteiger partial charge in [-0.15, -0.1) is 0 Å². The topological polar surface area (TPSA) is 33.3 Å². The van der Waals surface area contributed by atoms with Crippen LogP contribution in [0.4, 0.5) is 5.69 Å². The van der Waals surface area contributed by atoms with Crippen LogP contribution in [0.3, 0.4) is 0 Å². The monoisotopic (exact) mass is 354 g/mol. The van der Waals surface area contributed by atoms with Crippen LogP contribution in [-0.2, 0) is 0 Å². The molecule has 0 fully saturated rings. The number of ether oxygens (including phenoxy) is 1. The van der Waals surface area contributed by atoms with Crippen molar-refractivity contribution in [3.05, 3.63) is 58.7 Å². The van der Waals surface area contributed by atoms with Crippen LogP contribution in [0.25, 0.3) is 0 Å². The summed E-state index contributed by atoms with van der Waals surface area (Å²) in [5.41, 5.74) is 5.67. The van der Waals surface area contributed by atoms with Crippen molar-refractivity contribution in [3.8, 4) is 5.75 Å². The van der Waals surface area contributed by atoms with Crippen molar-refractivity contribution in [1.29, 1.82) is 0 Å². The minimum Gasteiger partial charge on any atom is -0.487 e. The van der Waals surface area contributed by atoms with E-state index < -0.39 is 0 Å². The van der Waals surface area contributed by atoms with Gasteiger partial charge in [0.25, 0.3) is 0 Å². The maximum Gasteiger partial charge on any atom is 0.171 e. The van der Waals surface area contributed by atoms with E-state index in [1.54, 1.807) is 0 Å². The molecule has 0 unspecified atom stereocenters. The van der Waals surface area contributed by atoms with Crippen LogP contribution in [0.1, 0.15) is 48.6 Å². The van der Waals surface area contributed by atoms with Gasteiger partial charge >= 0.3 is 0 Å². The highest BCUT2D eigenvalue weighted by molar-refractivity contribution is 7.80. The van der Waals surface area contributed by atoms with Gasteiger partial charge in [0.15, 0.2) is 5.11 Å². The zero-order chi connectivity index (χ0) is 18.2. The standard InChI is InChI=1S/C21H26N2OS/c1-13-6-9-17-18(12-21(4,5)24-19(17)10-13)23-20(25)22-16-8-7-14(2)15(3)11-16/h6-11,18H,12H2,1-5H3,(H2,22,23,25)/t18-/m0/s1. The molecule has 25 heavy (non-hydrogen) atoms. The highest BCUT2D eigenvalue weighted by Crippen LogP contribution is 2.39. The lowest BCUT2D eigenvalue weighted by Crippen LogP contribution is -2.42. The van der Waals surface area contributed by atoms with Crippen LogP contribution in [0, 0.1) is 20.8 Å². The fraction of sp³-hybridized carbons (Fsp3) is 0.381. The summed E-state index contributed by atoms with van der Waals surface area (Å²) in [6, 6.07) is 12.8. The van der Waals surface area contributed by atoms with Crippen LogP contribution in [0.15, 0.2) is 36.4 Å². The molecule has 132 valence electrons. The molecule has 2 N–H and O–H groups in total. The Morgan fingerprint density at radius 2 is 1.84 bits per heavy atom. The first-order chi connectivity index (χ1) is 11.7. The number of aryl methyl sites for hydroxylation is 3. The van der Waals surface area contributed by atoms with E-state index in [0.717, 1.165) is 23.4 Å². The Morgan fingerprint density at radius 1 is 1.08 bits per heavy atom. The van der Waals surface area contributed by atoms with Gasteiger partial charge in [-0.1, -0.05) is 18.2 Å². The first kappa shape index (κ1) is 17.7. The number of hydrogen-bond donors (Lipinski definition) is 2. The second-order valence-corrected chi connectivity index (χ2v) is 7.97. The highest BCUT2D eigenvalue weighted by atomic mass is 32.1. The van der Waals surface area contributed by atoms with E-state index in [4.69, 9.17) is 17.0 Å². The lowest BCUT2D eigenvalue weighted by molar-refractivity contribution is 0.0696.